The van der Waals surface area contributed by atoms with Gasteiger partial charge in [-0.25, -0.2) is 0 Å². The second-order valence-electron chi connectivity index (χ2n) is 4.17. The summed E-state index contributed by atoms with van der Waals surface area (Å²) in [5.41, 5.74) is 0. The maximum atomic E-state index is 11.4. The minimum atomic E-state index is 0.0327. The summed E-state index contributed by atoms with van der Waals surface area (Å²) in [5.74, 6) is 1.12. The molecule has 0 aliphatic carbocycles. The van der Waals surface area contributed by atoms with E-state index in [-0.39, 0.29) is 5.91 Å². The molecule has 0 spiro atoms. The van der Waals surface area contributed by atoms with Crippen molar-refractivity contribution in [1.82, 2.24) is 10.2 Å². The normalized spacial score (nSPS) is 16.5. The van der Waals surface area contributed by atoms with Crippen molar-refractivity contribution in [2.75, 3.05) is 19.6 Å². The predicted octanol–water partition coefficient (Wildman–Crippen LogP) is 0.832. The van der Waals surface area contributed by atoms with Crippen molar-refractivity contribution in [3.05, 3.63) is 0 Å². The Kier molecular flexibility index (Phi) is 3.92. The maximum Gasteiger partial charge on any atom is 0.239 e. The molecule has 0 saturated carbocycles. The number of carbonyl (C=O) groups excluding carboxylic acids is 1. The minimum absolute atomic E-state index is 0.0327. The molecule has 0 unspecified atom stereocenters. The zero-order valence-corrected chi connectivity index (χ0v) is 8.97. The van der Waals surface area contributed by atoms with Gasteiger partial charge in [0.25, 0.3) is 0 Å². The van der Waals surface area contributed by atoms with E-state index < -0.39 is 0 Å². The van der Waals surface area contributed by atoms with Gasteiger partial charge in [-0.1, -0.05) is 13.8 Å². The van der Waals surface area contributed by atoms with Crippen LogP contribution >= 0.6 is 0 Å². The standard InChI is InChI=1S/C10H19N3O/c1-8(2)6-12-10(14)7-13-5-3-4-9(13)11/h8,11H,3-7H2,1-2H3,(H,12,14). The number of amidine groups is 1. The van der Waals surface area contributed by atoms with E-state index in [1.54, 1.807) is 0 Å². The molecule has 4 heteroatoms. The number of carbonyl (C=O) groups is 1. The third-order valence-corrected chi connectivity index (χ3v) is 2.27. The van der Waals surface area contributed by atoms with Crippen LogP contribution in [0.5, 0.6) is 0 Å². The first kappa shape index (κ1) is 11.0. The monoisotopic (exact) mass is 197 g/mol. The van der Waals surface area contributed by atoms with Crippen molar-refractivity contribution in [1.29, 1.82) is 5.41 Å². The summed E-state index contributed by atoms with van der Waals surface area (Å²) < 4.78 is 0. The zero-order valence-electron chi connectivity index (χ0n) is 8.97. The van der Waals surface area contributed by atoms with E-state index in [9.17, 15) is 4.79 Å². The van der Waals surface area contributed by atoms with Crippen LogP contribution in [0.25, 0.3) is 0 Å². The Labute approximate surface area is 85.2 Å². The summed E-state index contributed by atoms with van der Waals surface area (Å²) in [6.45, 7) is 6.07. The van der Waals surface area contributed by atoms with Gasteiger partial charge in [-0.05, 0) is 12.3 Å². The van der Waals surface area contributed by atoms with E-state index in [2.05, 4.69) is 19.2 Å². The third kappa shape index (κ3) is 3.36. The van der Waals surface area contributed by atoms with Crippen LogP contribution in [0.2, 0.25) is 0 Å². The Bertz CT molecular complexity index is 225. The zero-order chi connectivity index (χ0) is 10.6. The molecule has 2 N–H and O–H groups in total. The van der Waals surface area contributed by atoms with Crippen LogP contribution < -0.4 is 5.32 Å². The highest BCUT2D eigenvalue weighted by Crippen LogP contribution is 2.08. The lowest BCUT2D eigenvalue weighted by Gasteiger charge is -2.17. The van der Waals surface area contributed by atoms with Crippen molar-refractivity contribution < 1.29 is 4.79 Å². The van der Waals surface area contributed by atoms with E-state index in [1.165, 1.54) is 0 Å². The fourth-order valence-corrected chi connectivity index (χ4v) is 1.45. The summed E-state index contributed by atoms with van der Waals surface area (Å²) in [5, 5.41) is 10.4. The molecule has 1 amide bonds. The highest BCUT2D eigenvalue weighted by molar-refractivity contribution is 5.87. The van der Waals surface area contributed by atoms with Gasteiger partial charge in [-0.2, -0.15) is 0 Å². The molecule has 1 aliphatic heterocycles. The fourth-order valence-electron chi connectivity index (χ4n) is 1.45. The number of rotatable bonds is 4. The van der Waals surface area contributed by atoms with E-state index in [0.717, 1.165) is 25.9 Å². The third-order valence-electron chi connectivity index (χ3n) is 2.27. The van der Waals surface area contributed by atoms with E-state index in [0.29, 0.717) is 18.3 Å². The van der Waals surface area contributed by atoms with Crippen LogP contribution in [0.15, 0.2) is 0 Å². The summed E-state index contributed by atoms with van der Waals surface area (Å²) in [6.07, 6.45) is 1.83. The van der Waals surface area contributed by atoms with Gasteiger partial charge in [0.15, 0.2) is 0 Å². The molecule has 80 valence electrons. The summed E-state index contributed by atoms with van der Waals surface area (Å²) in [6, 6.07) is 0. The lowest BCUT2D eigenvalue weighted by atomic mass is 10.2. The van der Waals surface area contributed by atoms with E-state index >= 15 is 0 Å². The first-order valence-electron chi connectivity index (χ1n) is 5.18. The van der Waals surface area contributed by atoms with Crippen LogP contribution in [-0.4, -0.2) is 36.3 Å². The van der Waals surface area contributed by atoms with Crippen molar-refractivity contribution in [2.24, 2.45) is 5.92 Å². The Balaban J connectivity index is 2.23. The summed E-state index contributed by atoms with van der Waals surface area (Å²) in [7, 11) is 0. The van der Waals surface area contributed by atoms with Gasteiger partial charge >= 0.3 is 0 Å². The first-order valence-corrected chi connectivity index (χ1v) is 5.18. The lowest BCUT2D eigenvalue weighted by molar-refractivity contribution is -0.121. The van der Waals surface area contributed by atoms with Gasteiger partial charge in [0, 0.05) is 19.5 Å². The van der Waals surface area contributed by atoms with Gasteiger partial charge in [0.05, 0.1) is 12.4 Å². The number of hydrogen-bond acceptors (Lipinski definition) is 2. The van der Waals surface area contributed by atoms with Gasteiger partial charge < -0.3 is 10.2 Å². The number of nitrogens with zero attached hydrogens (tertiary/aromatic N) is 1. The molecule has 1 fully saturated rings. The van der Waals surface area contributed by atoms with Gasteiger partial charge in [0.2, 0.25) is 5.91 Å². The number of likely N-dealkylation sites (tertiary alicyclic amines) is 1. The topological polar surface area (TPSA) is 56.2 Å². The molecule has 0 bridgehead atoms. The van der Waals surface area contributed by atoms with Gasteiger partial charge in [-0.3, -0.25) is 10.2 Å². The summed E-state index contributed by atoms with van der Waals surface area (Å²) in [4.78, 5) is 13.2. The number of amides is 1. The Morgan fingerprint density at radius 1 is 1.64 bits per heavy atom. The van der Waals surface area contributed by atoms with Crippen LogP contribution in [0.3, 0.4) is 0 Å². The molecule has 1 aliphatic rings. The molecule has 1 heterocycles. The molecule has 1 saturated heterocycles. The van der Waals surface area contributed by atoms with E-state index in [4.69, 9.17) is 5.41 Å². The molecule has 1 rings (SSSR count). The van der Waals surface area contributed by atoms with Crippen molar-refractivity contribution in [2.45, 2.75) is 26.7 Å². The van der Waals surface area contributed by atoms with Crippen LogP contribution in [0.1, 0.15) is 26.7 Å². The molecule has 0 atom stereocenters. The molecule has 0 aromatic rings. The number of nitrogens with one attached hydrogen (secondary N) is 2. The van der Waals surface area contributed by atoms with Crippen molar-refractivity contribution in [3.63, 3.8) is 0 Å². The molecule has 4 nitrogen and oxygen atoms in total. The molecular formula is C10H19N3O. The highest BCUT2D eigenvalue weighted by atomic mass is 16.2. The van der Waals surface area contributed by atoms with Gasteiger partial charge in [0.1, 0.15) is 0 Å². The molecule has 14 heavy (non-hydrogen) atoms. The van der Waals surface area contributed by atoms with E-state index in [1.807, 2.05) is 4.90 Å². The lowest BCUT2D eigenvalue weighted by Crippen LogP contribution is -2.38. The van der Waals surface area contributed by atoms with Crippen LogP contribution in [-0.2, 0) is 4.79 Å². The van der Waals surface area contributed by atoms with Crippen LogP contribution in [0, 0.1) is 11.3 Å². The molecule has 0 aromatic heterocycles. The summed E-state index contributed by atoms with van der Waals surface area (Å²) >= 11 is 0. The average Bonchev–Trinajstić information content (AvgIpc) is 2.49. The van der Waals surface area contributed by atoms with Gasteiger partial charge in [-0.15, -0.1) is 0 Å². The molecule has 0 radical (unpaired) electrons. The SMILES string of the molecule is CC(C)CNC(=O)CN1CCCC1=N. The highest BCUT2D eigenvalue weighted by Gasteiger charge is 2.18. The van der Waals surface area contributed by atoms with Crippen molar-refractivity contribution >= 4 is 11.7 Å². The molecular weight excluding hydrogens is 178 g/mol. The first-order chi connectivity index (χ1) is 6.59. The van der Waals surface area contributed by atoms with Crippen LogP contribution in [0.4, 0.5) is 0 Å². The minimum Gasteiger partial charge on any atom is -0.354 e. The maximum absolute atomic E-state index is 11.4. The second-order valence-corrected chi connectivity index (χ2v) is 4.17. The fraction of sp³-hybridized carbons (Fsp3) is 0.800. The largest absolute Gasteiger partial charge is 0.354 e. The smallest absolute Gasteiger partial charge is 0.239 e. The average molecular weight is 197 g/mol. The van der Waals surface area contributed by atoms with Crippen molar-refractivity contribution in [3.8, 4) is 0 Å². The predicted molar refractivity (Wildman–Crippen MR) is 56.4 cm³/mol. The Morgan fingerprint density at radius 3 is 2.86 bits per heavy atom. The second kappa shape index (κ2) is 4.98. The quantitative estimate of drug-likeness (QED) is 0.701. The Morgan fingerprint density at radius 2 is 2.36 bits per heavy atom. The molecule has 0 aromatic carbocycles. The Hall–Kier alpha value is -1.06. The number of hydrogen-bond donors (Lipinski definition) is 2.